The molecule has 1 aromatic heterocycles. The third kappa shape index (κ3) is 2.58. The molecule has 1 saturated carbocycles. The lowest BCUT2D eigenvalue weighted by atomic mass is 10.2. The van der Waals surface area contributed by atoms with E-state index in [0.717, 1.165) is 29.2 Å². The van der Waals surface area contributed by atoms with Crippen molar-refractivity contribution in [3.8, 4) is 5.69 Å². The molecule has 0 bridgehead atoms. The average Bonchev–Trinajstić information content (AvgIpc) is 3.12. The van der Waals surface area contributed by atoms with E-state index in [1.54, 1.807) is 0 Å². The Bertz CT molecular complexity index is 685. The molecule has 4 nitrogen and oxygen atoms in total. The highest BCUT2D eigenvalue weighted by atomic mass is 16.2. The highest BCUT2D eigenvalue weighted by Crippen LogP contribution is 2.39. The van der Waals surface area contributed by atoms with E-state index in [2.05, 4.69) is 36.4 Å². The first-order valence-corrected chi connectivity index (χ1v) is 7.41. The molecule has 1 aliphatic rings. The van der Waals surface area contributed by atoms with E-state index in [-0.39, 0.29) is 11.8 Å². The molecule has 0 saturated heterocycles. The summed E-state index contributed by atoms with van der Waals surface area (Å²) >= 11 is 0. The van der Waals surface area contributed by atoms with Crippen LogP contribution >= 0.6 is 0 Å². The Hall–Kier alpha value is -2.10. The summed E-state index contributed by atoms with van der Waals surface area (Å²) in [7, 11) is 0. The fourth-order valence-electron chi connectivity index (χ4n) is 2.66. The van der Waals surface area contributed by atoms with Crippen LogP contribution in [0.1, 0.15) is 30.3 Å². The van der Waals surface area contributed by atoms with Crippen LogP contribution in [-0.2, 0) is 4.79 Å². The molecule has 21 heavy (non-hydrogen) atoms. The number of hydrogen-bond donors (Lipinski definition) is 1. The normalized spacial score (nSPS) is 20.4. The van der Waals surface area contributed by atoms with Crippen molar-refractivity contribution < 1.29 is 4.79 Å². The van der Waals surface area contributed by atoms with Gasteiger partial charge in [-0.2, -0.15) is 5.10 Å². The van der Waals surface area contributed by atoms with Gasteiger partial charge in [-0.05, 0) is 45.2 Å². The third-order valence-corrected chi connectivity index (χ3v) is 4.26. The van der Waals surface area contributed by atoms with Gasteiger partial charge in [0.05, 0.1) is 22.8 Å². The molecule has 1 N–H and O–H groups in total. The molecule has 0 aliphatic heterocycles. The summed E-state index contributed by atoms with van der Waals surface area (Å²) in [6.45, 7) is 8.10. The van der Waals surface area contributed by atoms with Crippen LogP contribution in [0, 0.1) is 32.6 Å². The Morgan fingerprint density at radius 2 is 1.86 bits per heavy atom. The van der Waals surface area contributed by atoms with Crippen LogP contribution in [0.4, 0.5) is 5.69 Å². The minimum absolute atomic E-state index is 0.122. The molecule has 1 aliphatic carbocycles. The summed E-state index contributed by atoms with van der Waals surface area (Å²) in [5, 5.41) is 7.61. The number of rotatable bonds is 3. The first-order chi connectivity index (χ1) is 9.97. The van der Waals surface area contributed by atoms with E-state index >= 15 is 0 Å². The van der Waals surface area contributed by atoms with Gasteiger partial charge in [-0.1, -0.05) is 24.6 Å². The number of nitrogens with zero attached hydrogens (tertiary/aromatic N) is 2. The number of hydrogen-bond acceptors (Lipinski definition) is 2. The molecule has 2 aromatic rings. The van der Waals surface area contributed by atoms with Gasteiger partial charge in [-0.15, -0.1) is 0 Å². The molecule has 2 atom stereocenters. The highest BCUT2D eigenvalue weighted by molar-refractivity contribution is 5.95. The van der Waals surface area contributed by atoms with Crippen molar-refractivity contribution in [3.05, 3.63) is 41.2 Å². The summed E-state index contributed by atoms with van der Waals surface area (Å²) in [6.07, 6.45) is 0.996. The number of amides is 1. The number of carbonyl (C=O) groups is 1. The summed E-state index contributed by atoms with van der Waals surface area (Å²) < 4.78 is 1.89. The van der Waals surface area contributed by atoms with Gasteiger partial charge in [-0.25, -0.2) is 4.68 Å². The van der Waals surface area contributed by atoms with Crippen molar-refractivity contribution in [2.24, 2.45) is 11.8 Å². The second-order valence-corrected chi connectivity index (χ2v) is 6.10. The topological polar surface area (TPSA) is 46.9 Å². The monoisotopic (exact) mass is 283 g/mol. The van der Waals surface area contributed by atoms with Crippen molar-refractivity contribution in [1.82, 2.24) is 9.78 Å². The lowest BCUT2D eigenvalue weighted by Gasteiger charge is -2.07. The Balaban J connectivity index is 1.89. The van der Waals surface area contributed by atoms with Gasteiger partial charge in [0.1, 0.15) is 0 Å². The average molecular weight is 283 g/mol. The van der Waals surface area contributed by atoms with Crippen molar-refractivity contribution >= 4 is 11.6 Å². The highest BCUT2D eigenvalue weighted by Gasteiger charge is 2.39. The van der Waals surface area contributed by atoms with Crippen LogP contribution in [0.15, 0.2) is 24.3 Å². The van der Waals surface area contributed by atoms with Crippen LogP contribution in [0.25, 0.3) is 5.69 Å². The molecular weight excluding hydrogens is 262 g/mol. The van der Waals surface area contributed by atoms with Crippen molar-refractivity contribution in [2.45, 2.75) is 34.1 Å². The lowest BCUT2D eigenvalue weighted by Crippen LogP contribution is -2.15. The molecule has 1 fully saturated rings. The number of anilines is 1. The van der Waals surface area contributed by atoms with Gasteiger partial charge in [0.15, 0.2) is 0 Å². The molecule has 1 aromatic carbocycles. The zero-order valence-corrected chi connectivity index (χ0v) is 13.0. The van der Waals surface area contributed by atoms with E-state index in [0.29, 0.717) is 5.92 Å². The van der Waals surface area contributed by atoms with E-state index in [4.69, 9.17) is 0 Å². The van der Waals surface area contributed by atoms with Gasteiger partial charge in [0.25, 0.3) is 0 Å². The van der Waals surface area contributed by atoms with Crippen LogP contribution < -0.4 is 5.32 Å². The van der Waals surface area contributed by atoms with Gasteiger partial charge in [0, 0.05) is 5.92 Å². The van der Waals surface area contributed by atoms with E-state index < -0.39 is 0 Å². The number of carbonyl (C=O) groups excluding carboxylic acids is 1. The fourth-order valence-corrected chi connectivity index (χ4v) is 2.66. The quantitative estimate of drug-likeness (QED) is 0.938. The predicted octanol–water partition coefficient (Wildman–Crippen LogP) is 3.39. The molecule has 1 amide bonds. The lowest BCUT2D eigenvalue weighted by molar-refractivity contribution is -0.117. The Morgan fingerprint density at radius 3 is 2.43 bits per heavy atom. The Labute approximate surface area is 125 Å². The molecule has 110 valence electrons. The number of nitrogens with one attached hydrogen (secondary N) is 1. The predicted molar refractivity (Wildman–Crippen MR) is 83.7 cm³/mol. The molecule has 3 rings (SSSR count). The summed E-state index contributed by atoms with van der Waals surface area (Å²) in [6, 6.07) is 8.22. The number of aryl methyl sites for hydroxylation is 2. The molecule has 0 radical (unpaired) electrons. The zero-order valence-electron chi connectivity index (χ0n) is 13.0. The second kappa shape index (κ2) is 5.02. The van der Waals surface area contributed by atoms with Crippen LogP contribution in [-0.4, -0.2) is 15.7 Å². The summed E-state index contributed by atoms with van der Waals surface area (Å²) in [4.78, 5) is 12.1. The van der Waals surface area contributed by atoms with Crippen LogP contribution in [0.5, 0.6) is 0 Å². The standard InChI is InChI=1S/C17H21N3O/c1-10-5-7-14(8-6-10)20-13(4)16(12(3)19-20)18-17(21)15-9-11(15)2/h5-8,11,15H,9H2,1-4H3,(H,18,21). The van der Waals surface area contributed by atoms with Gasteiger partial charge < -0.3 is 5.32 Å². The maximum Gasteiger partial charge on any atom is 0.227 e. The second-order valence-electron chi connectivity index (χ2n) is 6.10. The Morgan fingerprint density at radius 1 is 1.24 bits per heavy atom. The smallest absolute Gasteiger partial charge is 0.227 e. The maximum absolute atomic E-state index is 12.1. The van der Waals surface area contributed by atoms with Crippen molar-refractivity contribution in [2.75, 3.05) is 5.32 Å². The fraction of sp³-hybridized carbons (Fsp3) is 0.412. The molecule has 4 heteroatoms. The molecule has 2 unspecified atom stereocenters. The van der Waals surface area contributed by atoms with E-state index in [9.17, 15) is 4.79 Å². The van der Waals surface area contributed by atoms with Crippen LogP contribution in [0.3, 0.4) is 0 Å². The zero-order chi connectivity index (χ0) is 15.1. The summed E-state index contributed by atoms with van der Waals surface area (Å²) in [5.41, 5.74) is 4.91. The number of benzene rings is 1. The van der Waals surface area contributed by atoms with Gasteiger partial charge in [-0.3, -0.25) is 4.79 Å². The largest absolute Gasteiger partial charge is 0.323 e. The van der Waals surface area contributed by atoms with Crippen molar-refractivity contribution in [1.29, 1.82) is 0 Å². The molecule has 0 spiro atoms. The SMILES string of the molecule is Cc1ccc(-n2nc(C)c(NC(=O)C3CC3C)c2C)cc1. The van der Waals surface area contributed by atoms with Gasteiger partial charge >= 0.3 is 0 Å². The summed E-state index contributed by atoms with van der Waals surface area (Å²) in [5.74, 6) is 0.807. The van der Waals surface area contributed by atoms with E-state index in [1.165, 1.54) is 5.56 Å². The minimum Gasteiger partial charge on any atom is -0.323 e. The minimum atomic E-state index is 0.122. The first kappa shape index (κ1) is 13.9. The maximum atomic E-state index is 12.1. The van der Waals surface area contributed by atoms with Crippen LogP contribution in [0.2, 0.25) is 0 Å². The molecule has 1 heterocycles. The third-order valence-electron chi connectivity index (χ3n) is 4.26. The van der Waals surface area contributed by atoms with Crippen molar-refractivity contribution in [3.63, 3.8) is 0 Å². The Kier molecular flexibility index (Phi) is 3.32. The van der Waals surface area contributed by atoms with E-state index in [1.807, 2.05) is 30.7 Å². The number of aromatic nitrogens is 2. The molecular formula is C17H21N3O. The van der Waals surface area contributed by atoms with Gasteiger partial charge in [0.2, 0.25) is 5.91 Å². The first-order valence-electron chi connectivity index (χ1n) is 7.41.